The van der Waals surface area contributed by atoms with Crippen LogP contribution in [-0.2, 0) is 35.2 Å². The summed E-state index contributed by atoms with van der Waals surface area (Å²) in [5.41, 5.74) is 1.00. The van der Waals surface area contributed by atoms with E-state index in [1.807, 2.05) is 10.8 Å². The normalized spacial score (nSPS) is 27.7. The lowest BCUT2D eigenvalue weighted by Gasteiger charge is -2.41. The maximum absolute atomic E-state index is 12.7. The largest absolute Gasteiger partial charge is 0.423 e. The summed E-state index contributed by atoms with van der Waals surface area (Å²) in [6.45, 7) is 0.279. The van der Waals surface area contributed by atoms with Gasteiger partial charge in [0.25, 0.3) is 0 Å². The molecule has 0 saturated carbocycles. The highest BCUT2D eigenvalue weighted by molar-refractivity contribution is 8.03. The molecule has 160 valence electrons. The highest BCUT2D eigenvalue weighted by Crippen LogP contribution is 2.50. The van der Waals surface area contributed by atoms with Crippen LogP contribution in [0.3, 0.4) is 0 Å². The number of hydrogen-bond donors (Lipinski definition) is 0. The molecule has 0 spiro atoms. The van der Waals surface area contributed by atoms with Gasteiger partial charge in [-0.15, -0.1) is 23.5 Å². The fourth-order valence-corrected chi connectivity index (χ4v) is 7.23. The van der Waals surface area contributed by atoms with Crippen molar-refractivity contribution < 1.29 is 28.7 Å². The summed E-state index contributed by atoms with van der Waals surface area (Å²) in [5.74, 6) is -1.22. The van der Waals surface area contributed by atoms with Crippen molar-refractivity contribution in [2.45, 2.75) is 34.8 Å². The molecule has 6 rings (SSSR count). The summed E-state index contributed by atoms with van der Waals surface area (Å²) in [6.07, 6.45) is 2.31. The number of imidazole rings is 1. The second kappa shape index (κ2) is 7.07. The van der Waals surface area contributed by atoms with E-state index in [0.717, 1.165) is 23.1 Å². The van der Waals surface area contributed by atoms with E-state index in [1.165, 1.54) is 33.3 Å². The van der Waals surface area contributed by atoms with Gasteiger partial charge in [0.15, 0.2) is 5.16 Å². The molecular formula is C18H14N4O6S3. The second-order valence-corrected chi connectivity index (χ2v) is 10.4. The van der Waals surface area contributed by atoms with E-state index in [-0.39, 0.29) is 34.0 Å². The zero-order chi connectivity index (χ0) is 21.3. The first-order chi connectivity index (χ1) is 15.0. The Morgan fingerprint density at radius 1 is 1.10 bits per heavy atom. The van der Waals surface area contributed by atoms with Gasteiger partial charge in [0.05, 0.1) is 17.5 Å². The van der Waals surface area contributed by atoms with Crippen molar-refractivity contribution in [1.82, 2.24) is 19.4 Å². The SMILES string of the molecule is O=C(OCOC(=O)C1=CS[C@@H]2CC(=O)N12)C1=CS[C@@H]2C(c3cn4c(n3)SCC4)C(=O)N12. The van der Waals surface area contributed by atoms with Gasteiger partial charge in [-0.05, 0) is 0 Å². The van der Waals surface area contributed by atoms with Crippen LogP contribution >= 0.6 is 35.3 Å². The lowest BCUT2D eigenvalue weighted by Crippen LogP contribution is -2.55. The number of amides is 2. The molecular weight excluding hydrogens is 464 g/mol. The standard InChI is InChI=1S/C18H14N4O6S3/c23-11-3-12-21(11)9(5-30-12)16(25)27-7-28-17(26)10-6-31-15-13(14(24)22(10)15)8-4-20-1-2-29-18(20)19-8/h4-6,12-13,15H,1-3,7H2/t12-,13?,15-/m1/s1. The summed E-state index contributed by atoms with van der Waals surface area (Å²) in [5, 5.41) is 3.80. The Balaban J connectivity index is 1.04. The first-order valence-electron chi connectivity index (χ1n) is 9.43. The Hall–Kier alpha value is -2.38. The summed E-state index contributed by atoms with van der Waals surface area (Å²) in [6, 6.07) is 0. The van der Waals surface area contributed by atoms with E-state index in [4.69, 9.17) is 9.47 Å². The van der Waals surface area contributed by atoms with Crippen LogP contribution in [0.4, 0.5) is 0 Å². The highest BCUT2D eigenvalue weighted by atomic mass is 32.2. The van der Waals surface area contributed by atoms with Gasteiger partial charge in [0.2, 0.25) is 18.6 Å². The van der Waals surface area contributed by atoms with Gasteiger partial charge in [0.1, 0.15) is 22.7 Å². The fraction of sp³-hybridized carbons (Fsp3) is 0.389. The smallest absolute Gasteiger partial charge is 0.358 e. The average molecular weight is 479 g/mol. The first kappa shape index (κ1) is 19.3. The molecule has 3 atom stereocenters. The number of aromatic nitrogens is 2. The van der Waals surface area contributed by atoms with E-state index in [1.54, 1.807) is 22.6 Å². The molecule has 0 bridgehead atoms. The van der Waals surface area contributed by atoms with Crippen LogP contribution < -0.4 is 0 Å². The Kier molecular flexibility index (Phi) is 4.40. The van der Waals surface area contributed by atoms with Crippen LogP contribution in [0.5, 0.6) is 0 Å². The Bertz CT molecular complexity index is 1090. The van der Waals surface area contributed by atoms with E-state index in [2.05, 4.69) is 4.98 Å². The quantitative estimate of drug-likeness (QED) is 0.345. The Morgan fingerprint density at radius 3 is 2.58 bits per heavy atom. The third-order valence-corrected chi connectivity index (χ3v) is 8.71. The van der Waals surface area contributed by atoms with Gasteiger partial charge in [-0.25, -0.2) is 14.6 Å². The molecule has 10 nitrogen and oxygen atoms in total. The highest BCUT2D eigenvalue weighted by Gasteiger charge is 2.55. The minimum absolute atomic E-state index is 0.0457. The summed E-state index contributed by atoms with van der Waals surface area (Å²) in [4.78, 5) is 56.2. The number of rotatable bonds is 5. The fourth-order valence-electron chi connectivity index (χ4n) is 3.96. The van der Waals surface area contributed by atoms with Crippen LogP contribution in [0.2, 0.25) is 0 Å². The molecule has 0 aliphatic carbocycles. The van der Waals surface area contributed by atoms with Gasteiger partial charge in [-0.1, -0.05) is 11.8 Å². The molecule has 1 aromatic rings. The van der Waals surface area contributed by atoms with Crippen LogP contribution in [0.25, 0.3) is 0 Å². The molecule has 2 amide bonds. The van der Waals surface area contributed by atoms with Crippen molar-refractivity contribution in [1.29, 1.82) is 0 Å². The molecule has 2 saturated heterocycles. The van der Waals surface area contributed by atoms with E-state index >= 15 is 0 Å². The van der Waals surface area contributed by atoms with E-state index < -0.39 is 24.6 Å². The molecule has 13 heteroatoms. The van der Waals surface area contributed by atoms with Gasteiger partial charge >= 0.3 is 11.9 Å². The minimum atomic E-state index is -0.745. The van der Waals surface area contributed by atoms with Crippen LogP contribution in [-0.4, -0.2) is 66.4 Å². The maximum atomic E-state index is 12.7. The van der Waals surface area contributed by atoms with Crippen molar-refractivity contribution in [3.8, 4) is 0 Å². The van der Waals surface area contributed by atoms with E-state index in [9.17, 15) is 19.2 Å². The number of fused-ring (bicyclic) bond motifs is 3. The molecule has 2 fully saturated rings. The minimum Gasteiger partial charge on any atom is -0.423 e. The second-order valence-electron chi connectivity index (χ2n) is 7.25. The predicted octanol–water partition coefficient (Wildman–Crippen LogP) is 1.02. The van der Waals surface area contributed by atoms with Gasteiger partial charge in [-0.3, -0.25) is 19.4 Å². The molecule has 0 N–H and O–H groups in total. The number of esters is 2. The van der Waals surface area contributed by atoms with Crippen molar-refractivity contribution in [2.75, 3.05) is 12.5 Å². The van der Waals surface area contributed by atoms with E-state index in [0.29, 0.717) is 6.42 Å². The zero-order valence-corrected chi connectivity index (χ0v) is 18.2. The molecule has 31 heavy (non-hydrogen) atoms. The number of carbonyl (C=O) groups excluding carboxylic acids is 4. The molecule has 0 aromatic carbocycles. The van der Waals surface area contributed by atoms with Crippen molar-refractivity contribution in [2.24, 2.45) is 0 Å². The number of thioether (sulfide) groups is 3. The summed E-state index contributed by atoms with van der Waals surface area (Å²) in [7, 11) is 0. The lowest BCUT2D eigenvalue weighted by molar-refractivity contribution is -0.167. The van der Waals surface area contributed by atoms with Gasteiger partial charge < -0.3 is 14.0 Å². The maximum Gasteiger partial charge on any atom is 0.358 e. The number of aryl methyl sites for hydroxylation is 1. The van der Waals surface area contributed by atoms with Crippen molar-refractivity contribution in [3.63, 3.8) is 0 Å². The number of nitrogens with zero attached hydrogens (tertiary/aromatic N) is 4. The number of β-lactam (4-membered cyclic amide) rings is 2. The molecule has 1 aromatic heterocycles. The lowest BCUT2D eigenvalue weighted by atomic mass is 9.94. The van der Waals surface area contributed by atoms with Crippen LogP contribution in [0.1, 0.15) is 18.0 Å². The van der Waals surface area contributed by atoms with Crippen molar-refractivity contribution >= 4 is 59.0 Å². The summed E-state index contributed by atoms with van der Waals surface area (Å²) >= 11 is 4.41. The monoisotopic (exact) mass is 478 g/mol. The van der Waals surface area contributed by atoms with Crippen LogP contribution in [0.15, 0.2) is 33.6 Å². The molecule has 0 radical (unpaired) electrons. The van der Waals surface area contributed by atoms with Crippen LogP contribution in [0, 0.1) is 0 Å². The third-order valence-electron chi connectivity index (χ3n) is 5.56. The molecule has 6 heterocycles. The third kappa shape index (κ3) is 2.86. The van der Waals surface area contributed by atoms with Gasteiger partial charge in [-0.2, -0.15) is 0 Å². The number of carbonyl (C=O) groups is 4. The Morgan fingerprint density at radius 2 is 1.84 bits per heavy atom. The van der Waals surface area contributed by atoms with Crippen molar-refractivity contribution in [3.05, 3.63) is 34.1 Å². The number of ether oxygens (including phenoxy) is 2. The zero-order valence-electron chi connectivity index (χ0n) is 15.8. The summed E-state index contributed by atoms with van der Waals surface area (Å²) < 4.78 is 12.1. The average Bonchev–Trinajstić information content (AvgIpc) is 3.48. The Labute approximate surface area is 188 Å². The topological polar surface area (TPSA) is 111 Å². The van der Waals surface area contributed by atoms with Gasteiger partial charge in [0, 0.05) is 29.3 Å². The number of hydrogen-bond acceptors (Lipinski definition) is 10. The molecule has 5 aliphatic rings. The molecule has 5 aliphatic heterocycles. The molecule has 1 unspecified atom stereocenters. The predicted molar refractivity (Wildman–Crippen MR) is 110 cm³/mol. The first-order valence-corrected chi connectivity index (χ1v) is 12.3.